The zero-order valence-corrected chi connectivity index (χ0v) is 12.9. The first-order valence-corrected chi connectivity index (χ1v) is 8.09. The highest BCUT2D eigenvalue weighted by molar-refractivity contribution is 7.89. The minimum absolute atomic E-state index is 0.0298. The summed E-state index contributed by atoms with van der Waals surface area (Å²) in [5, 5.41) is 7.96. The Bertz CT molecular complexity index is 776. The number of ether oxygens (including phenoxy) is 1. The molecule has 0 radical (unpaired) electrons. The summed E-state index contributed by atoms with van der Waals surface area (Å²) < 4.78 is 27.5. The molecule has 0 atom stereocenters. The van der Waals surface area contributed by atoms with Crippen LogP contribution in [-0.4, -0.2) is 20.9 Å². The van der Waals surface area contributed by atoms with Crippen LogP contribution in [-0.2, 0) is 14.8 Å². The van der Waals surface area contributed by atoms with Gasteiger partial charge >= 0.3 is 0 Å². The summed E-state index contributed by atoms with van der Waals surface area (Å²) in [5.74, 6) is 0.00663. The maximum Gasteiger partial charge on any atom is 0.262 e. The number of hydrogen-bond acceptors (Lipinski definition) is 4. The number of halogens is 1. The lowest BCUT2D eigenvalue weighted by Crippen LogP contribution is -2.20. The third-order valence-corrected chi connectivity index (χ3v) is 3.90. The molecule has 2 aromatic carbocycles. The Hall–Kier alpha value is -2.09. The standard InChI is InChI=1S/C14H13ClN2O4S/c15-12-3-1-2-4-13(12)21-9-14(18)17-10-5-7-11(8-6-10)22(16,19)20/h1-8H,9H2,(H,17,18)(H2,16,19,20). The molecule has 2 rings (SSSR count). The molecule has 0 saturated heterocycles. The van der Waals surface area contributed by atoms with Gasteiger partial charge in [-0.3, -0.25) is 4.79 Å². The first-order chi connectivity index (χ1) is 10.4. The molecule has 22 heavy (non-hydrogen) atoms. The van der Waals surface area contributed by atoms with Crippen molar-refractivity contribution >= 4 is 33.2 Å². The van der Waals surface area contributed by atoms with Crippen molar-refractivity contribution in [1.82, 2.24) is 0 Å². The van der Waals surface area contributed by atoms with Crippen LogP contribution in [0.3, 0.4) is 0 Å². The van der Waals surface area contributed by atoms with Crippen LogP contribution in [0.25, 0.3) is 0 Å². The van der Waals surface area contributed by atoms with Gasteiger partial charge in [0.25, 0.3) is 5.91 Å². The van der Waals surface area contributed by atoms with Gasteiger partial charge in [0.1, 0.15) is 5.75 Å². The molecule has 3 N–H and O–H groups in total. The average molecular weight is 341 g/mol. The second kappa shape index (κ2) is 6.78. The number of nitrogens with one attached hydrogen (secondary N) is 1. The molecule has 2 aromatic rings. The number of benzene rings is 2. The molecule has 0 aliphatic rings. The van der Waals surface area contributed by atoms with Crippen molar-refractivity contribution in [2.75, 3.05) is 11.9 Å². The van der Waals surface area contributed by atoms with Crippen LogP contribution < -0.4 is 15.2 Å². The van der Waals surface area contributed by atoms with Gasteiger partial charge in [-0.25, -0.2) is 13.6 Å². The molecule has 8 heteroatoms. The molecule has 1 amide bonds. The van der Waals surface area contributed by atoms with Crippen LogP contribution in [0.5, 0.6) is 5.75 Å². The summed E-state index contributed by atoms with van der Waals surface area (Å²) in [5.41, 5.74) is 0.431. The Balaban J connectivity index is 1.94. The second-order valence-electron chi connectivity index (χ2n) is 4.34. The lowest BCUT2D eigenvalue weighted by Gasteiger charge is -2.09. The highest BCUT2D eigenvalue weighted by atomic mass is 35.5. The first-order valence-electron chi connectivity index (χ1n) is 6.16. The van der Waals surface area contributed by atoms with Crippen molar-refractivity contribution in [3.8, 4) is 5.75 Å². The molecule has 0 aromatic heterocycles. The fraction of sp³-hybridized carbons (Fsp3) is 0.0714. The van der Waals surface area contributed by atoms with Crippen molar-refractivity contribution in [2.24, 2.45) is 5.14 Å². The average Bonchev–Trinajstić information content (AvgIpc) is 2.46. The van der Waals surface area contributed by atoms with Gasteiger partial charge in [-0.05, 0) is 36.4 Å². The number of para-hydroxylation sites is 1. The minimum atomic E-state index is -3.75. The number of sulfonamides is 1. The van der Waals surface area contributed by atoms with E-state index in [2.05, 4.69) is 5.32 Å². The van der Waals surface area contributed by atoms with Crippen molar-refractivity contribution in [3.05, 3.63) is 53.6 Å². The molecule has 0 aliphatic carbocycles. The summed E-state index contributed by atoms with van der Waals surface area (Å²) in [6, 6.07) is 12.3. The zero-order valence-electron chi connectivity index (χ0n) is 11.3. The number of anilines is 1. The Morgan fingerprint density at radius 1 is 1.14 bits per heavy atom. The van der Waals surface area contributed by atoms with E-state index in [0.717, 1.165) is 0 Å². The molecule has 0 fully saturated rings. The fourth-order valence-corrected chi connectivity index (χ4v) is 2.34. The Morgan fingerprint density at radius 3 is 2.36 bits per heavy atom. The van der Waals surface area contributed by atoms with Crippen molar-refractivity contribution in [1.29, 1.82) is 0 Å². The van der Waals surface area contributed by atoms with Gasteiger partial charge in [0, 0.05) is 5.69 Å². The molecular weight excluding hydrogens is 328 g/mol. The predicted octanol–water partition coefficient (Wildman–Crippen LogP) is 2.00. The van der Waals surface area contributed by atoms with E-state index in [0.29, 0.717) is 16.5 Å². The van der Waals surface area contributed by atoms with E-state index >= 15 is 0 Å². The molecule has 0 unspecified atom stereocenters. The van der Waals surface area contributed by atoms with E-state index in [1.165, 1.54) is 24.3 Å². The number of amides is 1. The van der Waals surface area contributed by atoms with Crippen LogP contribution in [0.15, 0.2) is 53.4 Å². The number of nitrogens with two attached hydrogens (primary N) is 1. The van der Waals surface area contributed by atoms with Gasteiger partial charge in [0.2, 0.25) is 10.0 Å². The lowest BCUT2D eigenvalue weighted by molar-refractivity contribution is -0.118. The van der Waals surface area contributed by atoms with Crippen LogP contribution in [0.1, 0.15) is 0 Å². The predicted molar refractivity (Wildman–Crippen MR) is 83.4 cm³/mol. The van der Waals surface area contributed by atoms with Crippen LogP contribution in [0.4, 0.5) is 5.69 Å². The minimum Gasteiger partial charge on any atom is -0.482 e. The topological polar surface area (TPSA) is 98.5 Å². The maximum atomic E-state index is 11.8. The lowest BCUT2D eigenvalue weighted by atomic mass is 10.3. The van der Waals surface area contributed by atoms with Gasteiger partial charge in [0.05, 0.1) is 9.92 Å². The van der Waals surface area contributed by atoms with Crippen molar-refractivity contribution < 1.29 is 17.9 Å². The third-order valence-electron chi connectivity index (χ3n) is 2.66. The molecule has 0 aliphatic heterocycles. The highest BCUT2D eigenvalue weighted by Gasteiger charge is 2.09. The molecule has 0 heterocycles. The summed E-state index contributed by atoms with van der Waals surface area (Å²) in [7, 11) is -3.75. The highest BCUT2D eigenvalue weighted by Crippen LogP contribution is 2.23. The van der Waals surface area contributed by atoms with Crippen molar-refractivity contribution in [2.45, 2.75) is 4.90 Å². The van der Waals surface area contributed by atoms with E-state index < -0.39 is 15.9 Å². The Labute approximate surface area is 132 Å². The molecule has 0 bridgehead atoms. The van der Waals surface area contributed by atoms with Gasteiger partial charge in [-0.15, -0.1) is 0 Å². The van der Waals surface area contributed by atoms with Gasteiger partial charge in [0.15, 0.2) is 6.61 Å². The summed E-state index contributed by atoms with van der Waals surface area (Å²) in [6.45, 7) is -0.222. The van der Waals surface area contributed by atoms with E-state index in [-0.39, 0.29) is 11.5 Å². The second-order valence-corrected chi connectivity index (χ2v) is 6.31. The monoisotopic (exact) mass is 340 g/mol. The molecule has 6 nitrogen and oxygen atoms in total. The molecule has 0 spiro atoms. The fourth-order valence-electron chi connectivity index (χ4n) is 1.63. The van der Waals surface area contributed by atoms with E-state index in [4.69, 9.17) is 21.5 Å². The first kappa shape index (κ1) is 16.3. The maximum absolute atomic E-state index is 11.8. The van der Waals surface area contributed by atoms with Gasteiger partial charge in [-0.2, -0.15) is 0 Å². The molecular formula is C14H13ClN2O4S. The van der Waals surface area contributed by atoms with Crippen LogP contribution in [0, 0.1) is 0 Å². The summed E-state index contributed by atoms with van der Waals surface area (Å²) >= 11 is 5.90. The smallest absolute Gasteiger partial charge is 0.262 e. The largest absolute Gasteiger partial charge is 0.482 e. The Morgan fingerprint density at radius 2 is 1.77 bits per heavy atom. The van der Waals surface area contributed by atoms with Crippen LogP contribution >= 0.6 is 11.6 Å². The third kappa shape index (κ3) is 4.45. The number of hydrogen-bond donors (Lipinski definition) is 2. The van der Waals surface area contributed by atoms with E-state index in [1.54, 1.807) is 24.3 Å². The quantitative estimate of drug-likeness (QED) is 0.869. The summed E-state index contributed by atoms with van der Waals surface area (Å²) in [6.07, 6.45) is 0. The van der Waals surface area contributed by atoms with E-state index in [9.17, 15) is 13.2 Å². The van der Waals surface area contributed by atoms with Crippen molar-refractivity contribution in [3.63, 3.8) is 0 Å². The summed E-state index contributed by atoms with van der Waals surface area (Å²) in [4.78, 5) is 11.7. The Kier molecular flexibility index (Phi) is 5.02. The number of primary sulfonamides is 1. The van der Waals surface area contributed by atoms with Gasteiger partial charge in [-0.1, -0.05) is 23.7 Å². The zero-order chi connectivity index (χ0) is 16.2. The van der Waals surface area contributed by atoms with E-state index in [1.807, 2.05) is 0 Å². The SMILES string of the molecule is NS(=O)(=O)c1ccc(NC(=O)COc2ccccc2Cl)cc1. The van der Waals surface area contributed by atoms with Gasteiger partial charge < -0.3 is 10.1 Å². The molecule has 116 valence electrons. The normalized spacial score (nSPS) is 11.0. The number of carbonyl (C=O) groups excluding carboxylic acids is 1. The molecule has 0 saturated carbocycles. The number of rotatable bonds is 5. The number of carbonyl (C=O) groups is 1. The van der Waals surface area contributed by atoms with Crippen LogP contribution in [0.2, 0.25) is 5.02 Å².